The van der Waals surface area contributed by atoms with Gasteiger partial charge >= 0.3 is 0 Å². The van der Waals surface area contributed by atoms with Crippen LogP contribution in [0.2, 0.25) is 0 Å². The van der Waals surface area contributed by atoms with Gasteiger partial charge in [0.15, 0.2) is 0 Å². The summed E-state index contributed by atoms with van der Waals surface area (Å²) < 4.78 is 6.48. The molecule has 3 heteroatoms. The normalized spacial score (nSPS) is 53.3. The average Bonchev–Trinajstić information content (AvgIpc) is 3.21. The van der Waals surface area contributed by atoms with Crippen LogP contribution in [0, 0.1) is 34.5 Å². The second-order valence-corrected chi connectivity index (χ2v) is 10.5. The van der Waals surface area contributed by atoms with Gasteiger partial charge in [0.05, 0.1) is 5.60 Å². The van der Waals surface area contributed by atoms with Gasteiger partial charge in [-0.3, -0.25) is 4.79 Å². The van der Waals surface area contributed by atoms with Crippen molar-refractivity contribution in [1.29, 1.82) is 0 Å². The lowest BCUT2D eigenvalue weighted by Crippen LogP contribution is -2.57. The molecular formula is C23H35NO2. The van der Waals surface area contributed by atoms with E-state index in [-0.39, 0.29) is 11.0 Å². The van der Waals surface area contributed by atoms with Crippen molar-refractivity contribution in [1.82, 2.24) is 4.90 Å². The van der Waals surface area contributed by atoms with Crippen molar-refractivity contribution in [2.75, 3.05) is 13.7 Å². The third kappa shape index (κ3) is 1.91. The molecule has 0 bridgehead atoms. The fourth-order valence-corrected chi connectivity index (χ4v) is 8.33. The quantitative estimate of drug-likeness (QED) is 0.625. The van der Waals surface area contributed by atoms with Crippen molar-refractivity contribution in [2.24, 2.45) is 34.5 Å². The number of hydrogen-bond acceptors (Lipinski definition) is 2. The topological polar surface area (TPSA) is 29.5 Å². The van der Waals surface area contributed by atoms with E-state index in [2.05, 4.69) is 26.8 Å². The maximum atomic E-state index is 12.3. The van der Waals surface area contributed by atoms with Crippen LogP contribution in [-0.4, -0.2) is 30.1 Å². The number of piperidine rings is 1. The van der Waals surface area contributed by atoms with E-state index < -0.39 is 0 Å². The van der Waals surface area contributed by atoms with Gasteiger partial charge in [-0.15, -0.1) is 0 Å². The van der Waals surface area contributed by atoms with Crippen LogP contribution in [-0.2, 0) is 9.53 Å². The highest BCUT2D eigenvalue weighted by molar-refractivity contribution is 5.79. The number of ether oxygens (including phenoxy) is 1. The summed E-state index contributed by atoms with van der Waals surface area (Å²) in [6.07, 6.45) is 12.0. The van der Waals surface area contributed by atoms with Gasteiger partial charge in [-0.05, 0) is 74.0 Å². The predicted molar refractivity (Wildman–Crippen MR) is 102 cm³/mol. The molecule has 1 spiro atoms. The first-order valence-corrected chi connectivity index (χ1v) is 11.0. The lowest BCUT2D eigenvalue weighted by atomic mass is 9.46. The monoisotopic (exact) mass is 357 g/mol. The highest BCUT2D eigenvalue weighted by Gasteiger charge is 2.66. The molecule has 7 atom stereocenters. The summed E-state index contributed by atoms with van der Waals surface area (Å²) >= 11 is 0. The van der Waals surface area contributed by atoms with Crippen molar-refractivity contribution < 1.29 is 9.53 Å². The van der Waals surface area contributed by atoms with Gasteiger partial charge < -0.3 is 9.64 Å². The van der Waals surface area contributed by atoms with Crippen LogP contribution in [0.15, 0.2) is 11.8 Å². The highest BCUT2D eigenvalue weighted by Crippen LogP contribution is 2.69. The van der Waals surface area contributed by atoms with Crippen LogP contribution in [0.1, 0.15) is 72.1 Å². The molecule has 26 heavy (non-hydrogen) atoms. The molecule has 0 aromatic rings. The summed E-state index contributed by atoms with van der Waals surface area (Å²) in [7, 11) is 2.00. The summed E-state index contributed by atoms with van der Waals surface area (Å²) in [5.74, 6) is 3.14. The Morgan fingerprint density at radius 2 is 1.88 bits per heavy atom. The average molecular weight is 358 g/mol. The lowest BCUT2D eigenvalue weighted by molar-refractivity contribution is -0.148. The minimum atomic E-state index is 0.173. The summed E-state index contributed by atoms with van der Waals surface area (Å²) in [5.41, 5.74) is 2.05. The number of rotatable bonds is 0. The summed E-state index contributed by atoms with van der Waals surface area (Å²) in [4.78, 5) is 14.3. The van der Waals surface area contributed by atoms with Crippen molar-refractivity contribution in [2.45, 2.75) is 77.7 Å². The van der Waals surface area contributed by atoms with E-state index >= 15 is 0 Å². The molecule has 2 aliphatic heterocycles. The fraction of sp³-hybridized carbons (Fsp3) is 0.870. The molecule has 4 fully saturated rings. The number of amides is 1. The van der Waals surface area contributed by atoms with Gasteiger partial charge in [0, 0.05) is 31.2 Å². The number of carbonyl (C=O) groups is 1. The Balaban J connectivity index is 1.55. The third-order valence-electron chi connectivity index (χ3n) is 9.75. The van der Waals surface area contributed by atoms with Gasteiger partial charge in [0.2, 0.25) is 5.91 Å². The fourth-order valence-electron chi connectivity index (χ4n) is 8.33. The molecule has 5 aliphatic rings. The Morgan fingerprint density at radius 3 is 2.62 bits per heavy atom. The van der Waals surface area contributed by atoms with E-state index in [0.717, 1.165) is 37.2 Å². The molecule has 0 aromatic carbocycles. The zero-order valence-corrected chi connectivity index (χ0v) is 17.0. The number of carbonyl (C=O) groups excluding carboxylic acids is 1. The first-order valence-electron chi connectivity index (χ1n) is 11.0. The molecule has 0 aromatic heterocycles. The molecule has 2 heterocycles. The molecule has 2 saturated carbocycles. The Kier molecular flexibility index (Phi) is 3.57. The minimum absolute atomic E-state index is 0.173. The molecule has 3 nitrogen and oxygen atoms in total. The SMILES string of the molecule is C[C@H]1C=C2N(C)C(=O)CC[C@]2(C)[C@H]2CC[C@@]3(C)[C@@H](CC[C@@]34CCCO4)[C@H]12. The van der Waals surface area contributed by atoms with Crippen LogP contribution in [0.25, 0.3) is 0 Å². The second-order valence-electron chi connectivity index (χ2n) is 10.5. The molecule has 5 rings (SSSR count). The zero-order valence-electron chi connectivity index (χ0n) is 17.0. The number of allylic oxidation sites excluding steroid dienone is 2. The van der Waals surface area contributed by atoms with Crippen molar-refractivity contribution in [3.05, 3.63) is 11.8 Å². The van der Waals surface area contributed by atoms with Crippen LogP contribution < -0.4 is 0 Å². The Bertz CT molecular complexity index is 663. The standard InChI is InChI=1S/C23H35NO2/c1-15-14-18-21(2,10-8-19(25)24(18)4)16-6-11-22(3)17(20(15)16)7-12-23(22)9-5-13-26-23/h14-17,20H,5-13H2,1-4H3/t15-,16-,17-,20+,21+,22-,23-/m0/s1. The first-order chi connectivity index (χ1) is 12.3. The van der Waals surface area contributed by atoms with E-state index in [4.69, 9.17) is 4.74 Å². The number of fused-ring (bicyclic) bond motifs is 6. The molecule has 0 N–H and O–H groups in total. The van der Waals surface area contributed by atoms with Crippen LogP contribution in [0.5, 0.6) is 0 Å². The first kappa shape index (κ1) is 17.3. The molecule has 3 aliphatic carbocycles. The summed E-state index contributed by atoms with van der Waals surface area (Å²) in [6, 6.07) is 0. The van der Waals surface area contributed by atoms with Crippen molar-refractivity contribution in [3.8, 4) is 0 Å². The smallest absolute Gasteiger partial charge is 0.226 e. The maximum Gasteiger partial charge on any atom is 0.226 e. The molecule has 1 amide bonds. The zero-order chi connectivity index (χ0) is 18.3. The minimum Gasteiger partial charge on any atom is -0.374 e. The van der Waals surface area contributed by atoms with E-state index in [0.29, 0.717) is 17.2 Å². The maximum absolute atomic E-state index is 12.3. The summed E-state index contributed by atoms with van der Waals surface area (Å²) in [6.45, 7) is 8.42. The van der Waals surface area contributed by atoms with Gasteiger partial charge in [-0.25, -0.2) is 0 Å². The Morgan fingerprint density at radius 1 is 1.12 bits per heavy atom. The summed E-state index contributed by atoms with van der Waals surface area (Å²) in [5, 5.41) is 0. The number of likely N-dealkylation sites (tertiary alicyclic amines) is 1. The Hall–Kier alpha value is -0.830. The number of hydrogen-bond donors (Lipinski definition) is 0. The molecular weight excluding hydrogens is 322 g/mol. The van der Waals surface area contributed by atoms with E-state index in [1.54, 1.807) is 0 Å². The molecule has 2 saturated heterocycles. The van der Waals surface area contributed by atoms with Crippen molar-refractivity contribution >= 4 is 5.91 Å². The van der Waals surface area contributed by atoms with Crippen LogP contribution in [0.4, 0.5) is 0 Å². The van der Waals surface area contributed by atoms with Gasteiger partial charge in [0.25, 0.3) is 0 Å². The van der Waals surface area contributed by atoms with Gasteiger partial charge in [0.1, 0.15) is 0 Å². The molecule has 0 unspecified atom stereocenters. The molecule has 0 radical (unpaired) electrons. The predicted octanol–water partition coefficient (Wildman–Crippen LogP) is 4.77. The third-order valence-corrected chi connectivity index (χ3v) is 9.75. The van der Waals surface area contributed by atoms with Crippen molar-refractivity contribution in [3.63, 3.8) is 0 Å². The van der Waals surface area contributed by atoms with E-state index in [1.165, 1.54) is 44.2 Å². The highest BCUT2D eigenvalue weighted by atomic mass is 16.5. The Labute approximate surface area is 158 Å². The molecule has 144 valence electrons. The van der Waals surface area contributed by atoms with Crippen LogP contribution >= 0.6 is 0 Å². The largest absolute Gasteiger partial charge is 0.374 e. The number of nitrogens with zero attached hydrogens (tertiary/aromatic N) is 1. The lowest BCUT2D eigenvalue weighted by Gasteiger charge is -2.61. The van der Waals surface area contributed by atoms with E-state index in [1.807, 2.05) is 11.9 Å². The van der Waals surface area contributed by atoms with Gasteiger partial charge in [-0.1, -0.05) is 26.8 Å². The second kappa shape index (κ2) is 5.37. The van der Waals surface area contributed by atoms with E-state index in [9.17, 15) is 4.79 Å². The van der Waals surface area contributed by atoms with Crippen LogP contribution in [0.3, 0.4) is 0 Å². The van der Waals surface area contributed by atoms with Gasteiger partial charge in [-0.2, -0.15) is 0 Å².